The molecule has 0 saturated carbocycles. The van der Waals surface area contributed by atoms with E-state index >= 15 is 0 Å². The minimum atomic E-state index is 0.0433. The number of β-lactam (4-membered cyclic amide) rings is 1. The quantitative estimate of drug-likeness (QED) is 0.661. The van der Waals surface area contributed by atoms with Gasteiger partial charge in [0.05, 0.1) is 24.0 Å². The van der Waals surface area contributed by atoms with Crippen LogP contribution in [0, 0.1) is 5.92 Å². The van der Waals surface area contributed by atoms with Crippen LogP contribution in [0.3, 0.4) is 0 Å². The first-order chi connectivity index (χ1) is 12.5. The Kier molecular flexibility index (Phi) is 4.14. The van der Waals surface area contributed by atoms with Gasteiger partial charge in [-0.15, -0.1) is 10.2 Å². The number of fused-ring (bicyclic) bond motifs is 1. The van der Waals surface area contributed by atoms with E-state index in [0.29, 0.717) is 5.92 Å². The van der Waals surface area contributed by atoms with Crippen LogP contribution in [0.2, 0.25) is 0 Å². The van der Waals surface area contributed by atoms with E-state index in [9.17, 15) is 4.79 Å². The molecule has 0 aliphatic carbocycles. The fraction of sp³-hybridized carbons (Fsp3) is 0.421. The Labute approximate surface area is 152 Å². The summed E-state index contributed by atoms with van der Waals surface area (Å²) in [6.07, 6.45) is 7.85. The summed E-state index contributed by atoms with van der Waals surface area (Å²) in [6, 6.07) is 4.06. The Morgan fingerprint density at radius 3 is 2.77 bits per heavy atom. The summed E-state index contributed by atoms with van der Waals surface area (Å²) in [6.45, 7) is 7.13. The Morgan fingerprint density at radius 1 is 1.15 bits per heavy atom. The first-order valence-electron chi connectivity index (χ1n) is 8.95. The number of nitrogens with zero attached hydrogens (tertiary/aromatic N) is 6. The second kappa shape index (κ2) is 6.48. The summed E-state index contributed by atoms with van der Waals surface area (Å²) in [4.78, 5) is 18.8. The first kappa shape index (κ1) is 16.6. The first-order valence-corrected chi connectivity index (χ1v) is 8.95. The van der Waals surface area contributed by atoms with Crippen LogP contribution in [0.1, 0.15) is 50.2 Å². The number of rotatable bonds is 5. The monoisotopic (exact) mass is 350 g/mol. The molecule has 1 aliphatic rings. The summed E-state index contributed by atoms with van der Waals surface area (Å²) in [5.41, 5.74) is 3.86. The summed E-state index contributed by atoms with van der Waals surface area (Å²) in [5, 5.41) is 12.2. The lowest BCUT2D eigenvalue weighted by molar-refractivity contribution is -0.127. The number of aromatic nitrogens is 5. The van der Waals surface area contributed by atoms with Crippen LogP contribution in [0.5, 0.6) is 0 Å². The number of amides is 1. The Morgan fingerprint density at radius 2 is 2.00 bits per heavy atom. The van der Waals surface area contributed by atoms with E-state index < -0.39 is 0 Å². The molecule has 1 amide bonds. The number of anilines is 1. The maximum absolute atomic E-state index is 12.6. The van der Waals surface area contributed by atoms with Gasteiger partial charge in [0.15, 0.2) is 5.65 Å². The second-order valence-corrected chi connectivity index (χ2v) is 7.34. The van der Waals surface area contributed by atoms with Crippen LogP contribution < -0.4 is 4.90 Å². The van der Waals surface area contributed by atoms with Gasteiger partial charge < -0.3 is 4.90 Å². The van der Waals surface area contributed by atoms with Crippen molar-refractivity contribution in [2.75, 3.05) is 11.4 Å². The molecular weight excluding hydrogens is 328 g/mol. The largest absolute Gasteiger partial charge is 0.310 e. The molecule has 1 fully saturated rings. The Balaban J connectivity index is 1.43. The van der Waals surface area contributed by atoms with Gasteiger partial charge in [-0.2, -0.15) is 5.10 Å². The van der Waals surface area contributed by atoms with Crippen LogP contribution in [-0.4, -0.2) is 37.2 Å². The summed E-state index contributed by atoms with van der Waals surface area (Å²) in [7, 11) is 0. The smallest absolute Gasteiger partial charge is 0.231 e. The summed E-state index contributed by atoms with van der Waals surface area (Å²) >= 11 is 0. The maximum atomic E-state index is 12.6. The van der Waals surface area contributed by atoms with E-state index in [2.05, 4.69) is 47.1 Å². The van der Waals surface area contributed by atoms with Gasteiger partial charge in [-0.3, -0.25) is 9.78 Å². The number of pyridine rings is 1. The van der Waals surface area contributed by atoms with Gasteiger partial charge in [0.25, 0.3) is 0 Å². The molecule has 0 bridgehead atoms. The topological polar surface area (TPSA) is 76.3 Å². The van der Waals surface area contributed by atoms with Gasteiger partial charge in [0, 0.05) is 12.7 Å². The van der Waals surface area contributed by atoms with Gasteiger partial charge in [0.2, 0.25) is 5.91 Å². The van der Waals surface area contributed by atoms with Crippen LogP contribution in [0.25, 0.3) is 5.65 Å². The van der Waals surface area contributed by atoms with Crippen molar-refractivity contribution in [2.24, 2.45) is 5.92 Å². The lowest BCUT2D eigenvalue weighted by Crippen LogP contribution is -2.53. The Bertz CT molecular complexity index is 950. The summed E-state index contributed by atoms with van der Waals surface area (Å²) < 4.78 is 1.64. The van der Waals surface area contributed by atoms with Crippen molar-refractivity contribution >= 4 is 17.2 Å². The fourth-order valence-electron chi connectivity index (χ4n) is 3.38. The minimum Gasteiger partial charge on any atom is -0.310 e. The highest BCUT2D eigenvalue weighted by molar-refractivity contribution is 6.01. The summed E-state index contributed by atoms with van der Waals surface area (Å²) in [5.74, 6) is 0.854. The van der Waals surface area contributed by atoms with Gasteiger partial charge in [-0.25, -0.2) is 4.52 Å². The normalized spacial score (nSPS) is 18.4. The lowest BCUT2D eigenvalue weighted by Gasteiger charge is -2.39. The predicted octanol–water partition coefficient (Wildman–Crippen LogP) is 2.80. The highest BCUT2D eigenvalue weighted by atomic mass is 16.2. The average molecular weight is 350 g/mol. The molecule has 1 unspecified atom stereocenters. The van der Waals surface area contributed by atoms with E-state index in [1.165, 1.54) is 0 Å². The molecule has 0 radical (unpaired) electrons. The van der Waals surface area contributed by atoms with Crippen LogP contribution >= 0.6 is 0 Å². The third-order valence-corrected chi connectivity index (χ3v) is 5.13. The van der Waals surface area contributed by atoms with Crippen molar-refractivity contribution in [1.82, 2.24) is 24.8 Å². The van der Waals surface area contributed by atoms with Crippen molar-refractivity contribution in [3.05, 3.63) is 48.2 Å². The van der Waals surface area contributed by atoms with Crippen molar-refractivity contribution in [3.8, 4) is 0 Å². The van der Waals surface area contributed by atoms with Crippen molar-refractivity contribution in [3.63, 3.8) is 0 Å². The molecule has 134 valence electrons. The standard InChI is InChI=1S/C19H22N6O/c1-12(2)14-5-17(9-20-7-14)24-10-16(19(24)26)4-13(3)15-6-18-23-21-11-25(18)22-8-15/h5-9,11-13,16H,4,10H2,1-3H3/t13-,16?/m1/s1. The fourth-order valence-corrected chi connectivity index (χ4v) is 3.38. The zero-order valence-electron chi connectivity index (χ0n) is 15.2. The SMILES string of the molecule is CC(C)c1cncc(N2CC(C[C@@H](C)c3cnn4cnnc4c3)C2=O)c1. The Hall–Kier alpha value is -2.83. The molecule has 1 saturated heterocycles. The third-order valence-electron chi connectivity index (χ3n) is 5.13. The van der Waals surface area contributed by atoms with Crippen molar-refractivity contribution in [2.45, 2.75) is 39.0 Å². The number of carbonyl (C=O) groups is 1. The number of hydrogen-bond donors (Lipinski definition) is 0. The molecule has 3 aromatic heterocycles. The maximum Gasteiger partial charge on any atom is 0.231 e. The van der Waals surface area contributed by atoms with Gasteiger partial charge in [-0.1, -0.05) is 20.8 Å². The van der Waals surface area contributed by atoms with Gasteiger partial charge >= 0.3 is 0 Å². The molecule has 26 heavy (non-hydrogen) atoms. The van der Waals surface area contributed by atoms with Crippen molar-refractivity contribution < 1.29 is 4.79 Å². The van der Waals surface area contributed by atoms with E-state index in [1.54, 1.807) is 17.0 Å². The number of carbonyl (C=O) groups excluding carboxylic acids is 1. The molecule has 7 heteroatoms. The van der Waals surface area contributed by atoms with Gasteiger partial charge in [0.1, 0.15) is 6.33 Å². The highest BCUT2D eigenvalue weighted by Gasteiger charge is 2.38. The number of hydrogen-bond acceptors (Lipinski definition) is 5. The van der Waals surface area contributed by atoms with Crippen LogP contribution in [0.4, 0.5) is 5.69 Å². The highest BCUT2D eigenvalue weighted by Crippen LogP contribution is 2.33. The van der Waals surface area contributed by atoms with Crippen LogP contribution in [0.15, 0.2) is 37.1 Å². The predicted molar refractivity (Wildman–Crippen MR) is 98.0 cm³/mol. The molecule has 7 nitrogen and oxygen atoms in total. The zero-order valence-corrected chi connectivity index (χ0v) is 15.2. The molecule has 0 N–H and O–H groups in total. The molecule has 3 aromatic rings. The van der Waals surface area contributed by atoms with Crippen molar-refractivity contribution in [1.29, 1.82) is 0 Å². The van der Waals surface area contributed by atoms with Crippen LogP contribution in [-0.2, 0) is 4.79 Å². The van der Waals surface area contributed by atoms with Gasteiger partial charge in [-0.05, 0) is 41.5 Å². The van der Waals surface area contributed by atoms with E-state index in [4.69, 9.17) is 0 Å². The molecular formula is C19H22N6O. The molecule has 2 atom stereocenters. The molecule has 4 heterocycles. The zero-order chi connectivity index (χ0) is 18.3. The van der Waals surface area contributed by atoms with E-state index in [-0.39, 0.29) is 17.7 Å². The molecule has 0 aromatic carbocycles. The minimum absolute atomic E-state index is 0.0433. The molecule has 0 spiro atoms. The van der Waals surface area contributed by atoms with E-state index in [1.807, 2.05) is 23.4 Å². The second-order valence-electron chi connectivity index (χ2n) is 7.34. The third kappa shape index (κ3) is 2.94. The molecule has 4 rings (SSSR count). The molecule has 1 aliphatic heterocycles. The average Bonchev–Trinajstić information content (AvgIpc) is 3.12. The van der Waals surface area contributed by atoms with E-state index in [0.717, 1.165) is 35.4 Å². The lowest BCUT2D eigenvalue weighted by atomic mass is 9.85.